The van der Waals surface area contributed by atoms with Crippen LogP contribution in [0.2, 0.25) is 0 Å². The highest BCUT2D eigenvalue weighted by molar-refractivity contribution is 7.59. The Morgan fingerprint density at radius 1 is 1.13 bits per heavy atom. The highest BCUT2D eigenvalue weighted by Gasteiger charge is 2.34. The number of carbonyl (C=O) groups excluding carboxylic acids is 2. The fourth-order valence-electron chi connectivity index (χ4n) is 4.82. The highest BCUT2D eigenvalue weighted by atomic mass is 32.1. The third-order valence-electron chi connectivity index (χ3n) is 6.50. The molecule has 198 valence electrons. The van der Waals surface area contributed by atoms with Gasteiger partial charge in [0.05, 0.1) is 28.1 Å². The molecule has 3 amide bonds. The molecule has 12 heteroatoms. The van der Waals surface area contributed by atoms with Crippen molar-refractivity contribution in [2.45, 2.75) is 38.3 Å². The second-order valence-corrected chi connectivity index (χ2v) is 9.99. The minimum Gasteiger partial charge on any atom is -0.439 e. The molecule has 1 aromatic carbocycles. The quantitative estimate of drug-likeness (QED) is 0.300. The zero-order chi connectivity index (χ0) is 24.8. The van der Waals surface area contributed by atoms with Gasteiger partial charge in [-0.15, -0.1) is 11.3 Å². The van der Waals surface area contributed by atoms with Crippen LogP contribution in [0, 0.1) is 6.92 Å². The van der Waals surface area contributed by atoms with Crippen LogP contribution in [0.4, 0.5) is 21.9 Å². The van der Waals surface area contributed by atoms with E-state index in [1.54, 1.807) is 29.3 Å². The minimum atomic E-state index is -0.369. The molecule has 0 saturated heterocycles. The fourth-order valence-corrected chi connectivity index (χ4v) is 5.84. The molecule has 4 aromatic rings. The number of hydrogen-bond donors (Lipinski definition) is 3. The summed E-state index contributed by atoms with van der Waals surface area (Å²) in [4.78, 5) is 38.2. The maximum Gasteiger partial charge on any atom is 0.331 e. The molecule has 4 heterocycles. The maximum atomic E-state index is 13.4. The van der Waals surface area contributed by atoms with Crippen molar-refractivity contribution in [1.82, 2.24) is 15.3 Å². The largest absolute Gasteiger partial charge is 0.439 e. The van der Waals surface area contributed by atoms with Gasteiger partial charge in [0.15, 0.2) is 0 Å². The van der Waals surface area contributed by atoms with E-state index < -0.39 is 0 Å². The van der Waals surface area contributed by atoms with E-state index in [0.29, 0.717) is 44.1 Å². The molecule has 0 bridgehead atoms. The second kappa shape index (κ2) is 11.2. The summed E-state index contributed by atoms with van der Waals surface area (Å²) < 4.78 is 5.84. The number of para-hydroxylation sites is 1. The van der Waals surface area contributed by atoms with Gasteiger partial charge in [0.25, 0.3) is 5.91 Å². The van der Waals surface area contributed by atoms with Crippen LogP contribution in [0.15, 0.2) is 54.7 Å². The van der Waals surface area contributed by atoms with Gasteiger partial charge in [-0.3, -0.25) is 9.69 Å². The lowest BCUT2D eigenvalue weighted by molar-refractivity contribution is 0.0942. The predicted molar refractivity (Wildman–Crippen MR) is 160 cm³/mol. The summed E-state index contributed by atoms with van der Waals surface area (Å²) in [6.07, 6.45) is 4.15. The van der Waals surface area contributed by atoms with Crippen molar-refractivity contribution in [3.63, 3.8) is 0 Å². The number of nitrogens with two attached hydrogens (primary N) is 1. The van der Waals surface area contributed by atoms with E-state index in [2.05, 4.69) is 20.6 Å². The molecule has 2 aliphatic rings. The van der Waals surface area contributed by atoms with Crippen molar-refractivity contribution < 1.29 is 14.3 Å². The number of carbonyl (C=O) groups is 2. The number of pyridine rings is 2. The van der Waals surface area contributed by atoms with Gasteiger partial charge in [-0.05, 0) is 50.5 Å². The van der Waals surface area contributed by atoms with Gasteiger partial charge in [0.2, 0.25) is 5.88 Å². The summed E-state index contributed by atoms with van der Waals surface area (Å²) in [5.74, 6) is 0.894. The van der Waals surface area contributed by atoms with Crippen LogP contribution in [0.5, 0.6) is 11.6 Å². The van der Waals surface area contributed by atoms with Gasteiger partial charge in [0.1, 0.15) is 15.5 Å². The first kappa shape index (κ1) is 27.7. The number of aromatic nitrogens is 2. The topological polar surface area (TPSA) is 122 Å². The molecule has 2 atom stereocenters. The average molecular weight is 569 g/mol. The predicted octanol–water partition coefficient (Wildman–Crippen LogP) is 5.31. The Morgan fingerprint density at radius 2 is 1.92 bits per heavy atom. The molecule has 38 heavy (non-hydrogen) atoms. The number of benzene rings is 1. The molecular formula is C26H28N6O3S3. The van der Waals surface area contributed by atoms with Crippen LogP contribution in [-0.4, -0.2) is 34.0 Å². The number of anilines is 3. The van der Waals surface area contributed by atoms with Crippen LogP contribution in [0.25, 0.3) is 10.2 Å². The van der Waals surface area contributed by atoms with E-state index in [0.717, 1.165) is 24.6 Å². The molecule has 0 unspecified atom stereocenters. The number of amides is 3. The van der Waals surface area contributed by atoms with E-state index in [1.807, 2.05) is 37.3 Å². The Bertz CT molecular complexity index is 1500. The van der Waals surface area contributed by atoms with Crippen molar-refractivity contribution in [1.29, 1.82) is 0 Å². The van der Waals surface area contributed by atoms with Crippen LogP contribution in [0.3, 0.4) is 0 Å². The van der Waals surface area contributed by atoms with Gasteiger partial charge >= 0.3 is 6.03 Å². The van der Waals surface area contributed by atoms with Gasteiger partial charge in [-0.25, -0.2) is 14.8 Å². The maximum absolute atomic E-state index is 13.4. The molecule has 4 N–H and O–H groups in total. The van der Waals surface area contributed by atoms with Gasteiger partial charge in [-0.1, -0.05) is 18.2 Å². The number of hydrogen-bond acceptors (Lipinski definition) is 7. The van der Waals surface area contributed by atoms with Crippen molar-refractivity contribution in [3.05, 3.63) is 65.3 Å². The number of ether oxygens (including phenoxy) is 1. The number of thiophene rings is 1. The number of nitrogens with one attached hydrogen (secondary N) is 2. The first-order valence-corrected chi connectivity index (χ1v) is 12.6. The zero-order valence-electron chi connectivity index (χ0n) is 20.5. The van der Waals surface area contributed by atoms with Crippen molar-refractivity contribution in [2.75, 3.05) is 10.2 Å². The zero-order valence-corrected chi connectivity index (χ0v) is 23.3. The summed E-state index contributed by atoms with van der Waals surface area (Å²) in [5.41, 5.74) is 8.38. The number of rotatable bonds is 5. The molecule has 3 aromatic heterocycles. The summed E-state index contributed by atoms with van der Waals surface area (Å²) in [7, 11) is 0. The fraction of sp³-hybridized carbons (Fsp3) is 0.231. The molecular weight excluding hydrogens is 541 g/mol. The standard InChI is InChI=1S/C26H24N6O3S.2H2S/c1-14-18(9-10-20(29-14)35-17-5-3-2-4-6-17)32-19-11-12-28-25-21(19)22(31-26(32)34)23(36-25)24(33)30-16-8-7-15(27)13-16;;/h2-6,9-12,15-16H,7-8,13,27H2,1H3,(H,30,33)(H,31,34);2*1H2/t15-,16-;;/m0../s1. The Kier molecular flexibility index (Phi) is 8.16. The number of urea groups is 1. The first-order valence-electron chi connectivity index (χ1n) is 11.8. The van der Waals surface area contributed by atoms with Crippen molar-refractivity contribution in [3.8, 4) is 11.6 Å². The lowest BCUT2D eigenvalue weighted by atomic mass is 10.1. The lowest BCUT2D eigenvalue weighted by Crippen LogP contribution is -2.36. The number of nitrogens with zero attached hydrogens (tertiary/aromatic N) is 3. The molecule has 1 saturated carbocycles. The van der Waals surface area contributed by atoms with E-state index in [9.17, 15) is 9.59 Å². The van der Waals surface area contributed by atoms with Gasteiger partial charge in [-0.2, -0.15) is 27.0 Å². The Balaban J connectivity index is 0.00000168. The smallest absolute Gasteiger partial charge is 0.331 e. The third kappa shape index (κ3) is 5.04. The molecule has 1 aliphatic heterocycles. The van der Waals surface area contributed by atoms with Crippen LogP contribution >= 0.6 is 38.3 Å². The molecule has 1 aliphatic carbocycles. The van der Waals surface area contributed by atoms with E-state index in [-0.39, 0.29) is 51.0 Å². The van der Waals surface area contributed by atoms with E-state index in [4.69, 9.17) is 10.5 Å². The summed E-state index contributed by atoms with van der Waals surface area (Å²) >= 11 is 1.27. The highest BCUT2D eigenvalue weighted by Crippen LogP contribution is 2.46. The normalized spacial score (nSPS) is 17.8. The second-order valence-electron chi connectivity index (χ2n) is 8.99. The van der Waals surface area contributed by atoms with Crippen LogP contribution in [-0.2, 0) is 0 Å². The molecule has 1 fully saturated rings. The SMILES string of the molecule is Cc1nc(Oc2ccccc2)ccc1N1C(=O)Nc2c(C(=O)N[C@H]3CC[C@H](N)C3)sc3nccc1c23.S.S. The Morgan fingerprint density at radius 3 is 2.63 bits per heavy atom. The van der Waals surface area contributed by atoms with Crippen LogP contribution in [0.1, 0.15) is 34.6 Å². The van der Waals surface area contributed by atoms with Gasteiger partial charge < -0.3 is 21.1 Å². The minimum absolute atomic E-state index is 0. The Hall–Kier alpha value is -3.32. The lowest BCUT2D eigenvalue weighted by Gasteiger charge is -2.29. The summed E-state index contributed by atoms with van der Waals surface area (Å²) in [5, 5.41) is 6.74. The average Bonchev–Trinajstić information content (AvgIpc) is 3.44. The van der Waals surface area contributed by atoms with Crippen molar-refractivity contribution in [2.24, 2.45) is 5.73 Å². The van der Waals surface area contributed by atoms with Gasteiger partial charge in [0, 0.05) is 24.3 Å². The monoisotopic (exact) mass is 568 g/mol. The van der Waals surface area contributed by atoms with E-state index in [1.165, 1.54) is 11.3 Å². The molecule has 6 rings (SSSR count). The summed E-state index contributed by atoms with van der Waals surface area (Å²) in [6.45, 7) is 1.83. The van der Waals surface area contributed by atoms with Crippen LogP contribution < -0.4 is 26.0 Å². The third-order valence-corrected chi connectivity index (χ3v) is 7.60. The van der Waals surface area contributed by atoms with E-state index >= 15 is 0 Å². The molecule has 0 radical (unpaired) electrons. The molecule has 9 nitrogen and oxygen atoms in total. The van der Waals surface area contributed by atoms with Crippen molar-refractivity contribution >= 4 is 77.5 Å². The molecule has 0 spiro atoms. The first-order chi connectivity index (χ1) is 17.5. The summed E-state index contributed by atoms with van der Waals surface area (Å²) in [6, 6.07) is 14.5. The number of aryl methyl sites for hydroxylation is 1. The Labute approximate surface area is 237 Å².